The summed E-state index contributed by atoms with van der Waals surface area (Å²) in [6, 6.07) is 4.68. The number of benzene rings is 1. The van der Waals surface area contributed by atoms with E-state index in [1.54, 1.807) is 12.4 Å². The van der Waals surface area contributed by atoms with Crippen molar-refractivity contribution in [1.29, 1.82) is 0 Å². The van der Waals surface area contributed by atoms with E-state index in [4.69, 9.17) is 26.6 Å². The standard InChI is InChI=1S/C34H41ClN6O2/c1-16(2)30-33(31(17(3)4)37-15-36-30)41-26-14-40(25-13-20(42)12-23(35)27(25)18-5-6-18)10-9-21(26)32(39-34(41)43)29-22-11-19-7-8-24(38-19)28(22)29/h12-13,15-19,22,24,28-29,38,42H,5-11,14H2,1-4H3/t19?,22-,24?,28?,29?/m0/s1. The van der Waals surface area contributed by atoms with Gasteiger partial charge < -0.3 is 15.3 Å². The van der Waals surface area contributed by atoms with Crippen molar-refractivity contribution in [3.8, 4) is 11.4 Å². The smallest absolute Gasteiger partial charge is 0.352 e. The highest BCUT2D eigenvalue weighted by molar-refractivity contribution is 6.32. The normalized spacial score (nSPS) is 27.5. The van der Waals surface area contributed by atoms with E-state index in [0.717, 1.165) is 65.5 Å². The molecule has 226 valence electrons. The topological polar surface area (TPSA) is 96.2 Å². The van der Waals surface area contributed by atoms with E-state index < -0.39 is 0 Å². The third kappa shape index (κ3) is 4.42. The van der Waals surface area contributed by atoms with Crippen molar-refractivity contribution in [2.75, 3.05) is 11.4 Å². The van der Waals surface area contributed by atoms with Crippen LogP contribution in [0.1, 0.15) is 117 Å². The minimum absolute atomic E-state index is 0.108. The van der Waals surface area contributed by atoms with Crippen molar-refractivity contribution < 1.29 is 5.11 Å². The SMILES string of the molecule is CC(C)c1ncnc(C(C)C)c1-n1c2c(c(C3C4C5CCC(C[C@H]34)N5)nc1=O)CCN(c1cc(O)cc(Cl)c1C1CC1)C2. The molecule has 9 heteroatoms. The van der Waals surface area contributed by atoms with Crippen LogP contribution in [0, 0.1) is 11.8 Å². The van der Waals surface area contributed by atoms with Gasteiger partial charge in [0.15, 0.2) is 0 Å². The Morgan fingerprint density at radius 2 is 1.79 bits per heavy atom. The molecule has 5 atom stereocenters. The van der Waals surface area contributed by atoms with Gasteiger partial charge >= 0.3 is 5.69 Å². The van der Waals surface area contributed by atoms with Gasteiger partial charge in [-0.2, -0.15) is 4.98 Å². The Hall–Kier alpha value is -2.97. The zero-order valence-electron chi connectivity index (χ0n) is 25.5. The number of aromatic nitrogens is 4. The van der Waals surface area contributed by atoms with Gasteiger partial charge in [0.05, 0.1) is 35.0 Å². The quantitative estimate of drug-likeness (QED) is 0.362. The second-order valence-electron chi connectivity index (χ2n) is 14.2. The van der Waals surface area contributed by atoms with Crippen LogP contribution < -0.4 is 15.9 Å². The predicted molar refractivity (Wildman–Crippen MR) is 168 cm³/mol. The maximum absolute atomic E-state index is 14.4. The van der Waals surface area contributed by atoms with E-state index in [9.17, 15) is 9.90 Å². The average Bonchev–Trinajstić information content (AvgIpc) is 3.89. The Labute approximate surface area is 257 Å². The number of nitrogens with zero attached hydrogens (tertiary/aromatic N) is 5. The third-order valence-electron chi connectivity index (χ3n) is 10.8. The highest BCUT2D eigenvalue weighted by atomic mass is 35.5. The fraction of sp³-hybridized carbons (Fsp3) is 0.588. The number of phenolic OH excluding ortho intramolecular Hbond substituents is 1. The Kier molecular flexibility index (Phi) is 6.43. The summed E-state index contributed by atoms with van der Waals surface area (Å²) in [7, 11) is 0. The molecule has 2 bridgehead atoms. The van der Waals surface area contributed by atoms with Gasteiger partial charge in [0.25, 0.3) is 0 Å². The van der Waals surface area contributed by atoms with Gasteiger partial charge in [-0.25, -0.2) is 14.8 Å². The summed E-state index contributed by atoms with van der Waals surface area (Å²) < 4.78 is 1.85. The summed E-state index contributed by atoms with van der Waals surface area (Å²) in [5.41, 5.74) is 7.65. The van der Waals surface area contributed by atoms with Crippen LogP contribution in [0.3, 0.4) is 0 Å². The highest BCUT2D eigenvalue weighted by Crippen LogP contribution is 2.63. The number of piperidine rings is 1. The molecule has 0 amide bonds. The Balaban J connectivity index is 1.32. The maximum atomic E-state index is 14.4. The van der Waals surface area contributed by atoms with Gasteiger partial charge in [-0.1, -0.05) is 39.3 Å². The van der Waals surface area contributed by atoms with Gasteiger partial charge in [-0.3, -0.25) is 4.57 Å². The number of halogens is 1. The van der Waals surface area contributed by atoms with E-state index in [-0.39, 0.29) is 23.3 Å². The number of hydrogen-bond donors (Lipinski definition) is 2. The van der Waals surface area contributed by atoms with Crippen LogP contribution in [0.5, 0.6) is 5.75 Å². The number of anilines is 1. The number of hydrogen-bond acceptors (Lipinski definition) is 7. The Morgan fingerprint density at radius 3 is 2.49 bits per heavy atom. The molecule has 3 aliphatic heterocycles. The molecule has 2 aliphatic carbocycles. The molecule has 2 aromatic heterocycles. The van der Waals surface area contributed by atoms with Crippen molar-refractivity contribution in [3.05, 3.63) is 67.9 Å². The average molecular weight is 601 g/mol. The van der Waals surface area contributed by atoms with Crippen LogP contribution in [0.4, 0.5) is 5.69 Å². The number of fused-ring (bicyclic) bond motifs is 5. The van der Waals surface area contributed by atoms with Gasteiger partial charge in [0.2, 0.25) is 0 Å². The zero-order valence-corrected chi connectivity index (χ0v) is 26.2. The van der Waals surface area contributed by atoms with Gasteiger partial charge in [-0.15, -0.1) is 0 Å². The molecule has 8 nitrogen and oxygen atoms in total. The molecule has 4 fully saturated rings. The minimum Gasteiger partial charge on any atom is -0.508 e. The van der Waals surface area contributed by atoms with Crippen LogP contribution in [0.25, 0.3) is 5.69 Å². The third-order valence-corrected chi connectivity index (χ3v) is 11.1. The molecular formula is C34H41ClN6O2. The molecule has 5 heterocycles. The van der Waals surface area contributed by atoms with Gasteiger partial charge in [0, 0.05) is 41.3 Å². The molecule has 3 aromatic rings. The zero-order chi connectivity index (χ0) is 29.7. The lowest BCUT2D eigenvalue weighted by Crippen LogP contribution is -2.39. The first kappa shape index (κ1) is 27.6. The van der Waals surface area contributed by atoms with Crippen LogP contribution in [-0.4, -0.2) is 43.3 Å². The molecule has 8 rings (SSSR count). The second kappa shape index (κ2) is 10.0. The fourth-order valence-electron chi connectivity index (χ4n) is 8.69. The van der Waals surface area contributed by atoms with Crippen LogP contribution in [0.2, 0.25) is 5.02 Å². The molecule has 43 heavy (non-hydrogen) atoms. The van der Waals surface area contributed by atoms with Crippen LogP contribution in [-0.2, 0) is 13.0 Å². The van der Waals surface area contributed by atoms with Crippen molar-refractivity contribution in [3.63, 3.8) is 0 Å². The van der Waals surface area contributed by atoms with E-state index in [2.05, 4.69) is 37.9 Å². The predicted octanol–water partition coefficient (Wildman–Crippen LogP) is 5.92. The van der Waals surface area contributed by atoms with Crippen molar-refractivity contribution in [2.24, 2.45) is 11.8 Å². The lowest BCUT2D eigenvalue weighted by Gasteiger charge is -2.35. The van der Waals surface area contributed by atoms with E-state index in [1.807, 2.05) is 10.6 Å². The molecule has 4 unspecified atom stereocenters. The maximum Gasteiger partial charge on any atom is 0.352 e. The molecular weight excluding hydrogens is 560 g/mol. The van der Waals surface area contributed by atoms with E-state index in [0.29, 0.717) is 47.3 Å². The molecule has 5 aliphatic rings. The molecule has 2 N–H and O–H groups in total. The Bertz CT molecular complexity index is 1650. The molecule has 2 saturated carbocycles. The van der Waals surface area contributed by atoms with E-state index >= 15 is 0 Å². The summed E-state index contributed by atoms with van der Waals surface area (Å²) in [4.78, 5) is 31.1. The highest BCUT2D eigenvalue weighted by Gasteiger charge is 2.61. The van der Waals surface area contributed by atoms with Crippen LogP contribution in [0.15, 0.2) is 23.3 Å². The lowest BCUT2D eigenvalue weighted by molar-refractivity contribution is 0.387. The number of phenols is 1. The van der Waals surface area contributed by atoms with Crippen molar-refractivity contribution >= 4 is 17.3 Å². The number of aromatic hydroxyl groups is 1. The van der Waals surface area contributed by atoms with E-state index in [1.165, 1.54) is 24.8 Å². The number of rotatable bonds is 6. The monoisotopic (exact) mass is 600 g/mol. The summed E-state index contributed by atoms with van der Waals surface area (Å²) >= 11 is 6.75. The van der Waals surface area contributed by atoms with Gasteiger partial charge in [0.1, 0.15) is 12.1 Å². The Morgan fingerprint density at radius 1 is 1.05 bits per heavy atom. The molecule has 1 aromatic carbocycles. The first-order valence-electron chi connectivity index (χ1n) is 16.2. The molecule has 0 spiro atoms. The van der Waals surface area contributed by atoms with Crippen molar-refractivity contribution in [2.45, 2.75) is 109 Å². The first-order chi connectivity index (χ1) is 20.7. The number of nitrogens with one attached hydrogen (secondary N) is 1. The first-order valence-corrected chi connectivity index (χ1v) is 16.6. The summed E-state index contributed by atoms with van der Waals surface area (Å²) in [5, 5.41) is 15.1. The fourth-order valence-corrected chi connectivity index (χ4v) is 9.05. The largest absolute Gasteiger partial charge is 0.508 e. The second-order valence-corrected chi connectivity index (χ2v) is 14.6. The van der Waals surface area contributed by atoms with Crippen LogP contribution >= 0.6 is 11.6 Å². The summed E-state index contributed by atoms with van der Waals surface area (Å²) in [6.07, 6.45) is 8.32. The summed E-state index contributed by atoms with van der Waals surface area (Å²) in [5.74, 6) is 2.35. The van der Waals surface area contributed by atoms with Gasteiger partial charge in [-0.05, 0) is 85.3 Å². The lowest BCUT2D eigenvalue weighted by atomic mass is 9.95. The summed E-state index contributed by atoms with van der Waals surface area (Å²) in [6.45, 7) is 9.80. The minimum atomic E-state index is -0.229. The van der Waals surface area contributed by atoms with Crippen molar-refractivity contribution in [1.82, 2.24) is 24.8 Å². The molecule has 0 radical (unpaired) electrons. The molecule has 2 saturated heterocycles.